The van der Waals surface area contributed by atoms with E-state index in [1.165, 1.54) is 36.1 Å². The average molecular weight is 268 g/mol. The van der Waals surface area contributed by atoms with Gasteiger partial charge in [0.25, 0.3) is 0 Å². The van der Waals surface area contributed by atoms with Gasteiger partial charge in [0.15, 0.2) is 0 Å². The van der Waals surface area contributed by atoms with E-state index < -0.39 is 0 Å². The molecule has 2 heterocycles. The van der Waals surface area contributed by atoms with Crippen molar-refractivity contribution in [1.29, 1.82) is 0 Å². The van der Waals surface area contributed by atoms with E-state index in [0.717, 1.165) is 31.8 Å². The van der Waals surface area contributed by atoms with Crippen LogP contribution in [0.4, 0.5) is 5.88 Å². The first-order chi connectivity index (χ1) is 9.92. The number of anilines is 1. The van der Waals surface area contributed by atoms with Gasteiger partial charge in [-0.1, -0.05) is 35.5 Å². The Bertz CT molecular complexity index is 584. The Labute approximate surface area is 119 Å². The monoisotopic (exact) mass is 268 g/mol. The van der Waals surface area contributed by atoms with Gasteiger partial charge in [-0.05, 0) is 43.6 Å². The lowest BCUT2D eigenvalue weighted by atomic mass is 9.82. The van der Waals surface area contributed by atoms with Crippen LogP contribution in [-0.4, -0.2) is 18.2 Å². The molecule has 2 aliphatic rings. The zero-order chi connectivity index (χ0) is 13.4. The Kier molecular flexibility index (Phi) is 2.98. The third-order valence-corrected chi connectivity index (χ3v) is 4.69. The minimum atomic E-state index is 0.615. The minimum Gasteiger partial charge on any atom is -0.340 e. The average Bonchev–Trinajstić information content (AvgIpc) is 3.16. The van der Waals surface area contributed by atoms with Gasteiger partial charge in [0.1, 0.15) is 0 Å². The van der Waals surface area contributed by atoms with Crippen LogP contribution in [0.2, 0.25) is 0 Å². The number of aromatic nitrogens is 1. The summed E-state index contributed by atoms with van der Waals surface area (Å²) in [5, 5.41) is 4.31. The van der Waals surface area contributed by atoms with Crippen molar-refractivity contribution < 1.29 is 4.52 Å². The van der Waals surface area contributed by atoms with Gasteiger partial charge in [-0.3, -0.25) is 0 Å². The number of hydrogen-bond acceptors (Lipinski definition) is 3. The molecule has 3 heteroatoms. The summed E-state index contributed by atoms with van der Waals surface area (Å²) < 4.78 is 5.66. The summed E-state index contributed by atoms with van der Waals surface area (Å²) in [6.45, 7) is 2.25. The fourth-order valence-corrected chi connectivity index (χ4v) is 3.57. The van der Waals surface area contributed by atoms with Gasteiger partial charge in [0, 0.05) is 18.7 Å². The number of hydrogen-bond donors (Lipinski definition) is 0. The second-order valence-corrected chi connectivity index (χ2v) is 5.96. The quantitative estimate of drug-likeness (QED) is 0.834. The van der Waals surface area contributed by atoms with E-state index in [-0.39, 0.29) is 0 Å². The summed E-state index contributed by atoms with van der Waals surface area (Å²) in [6, 6.07) is 10.9. The van der Waals surface area contributed by atoms with E-state index in [4.69, 9.17) is 4.52 Å². The summed E-state index contributed by atoms with van der Waals surface area (Å²) >= 11 is 0. The van der Waals surface area contributed by atoms with Crippen molar-refractivity contribution in [2.75, 3.05) is 18.0 Å². The van der Waals surface area contributed by atoms with E-state index in [1.54, 1.807) is 0 Å². The predicted molar refractivity (Wildman–Crippen MR) is 79.2 cm³/mol. The number of aryl methyl sites for hydroxylation is 1. The molecule has 1 aromatic carbocycles. The first-order valence-electron chi connectivity index (χ1n) is 7.69. The highest BCUT2D eigenvalue weighted by molar-refractivity contribution is 5.49. The summed E-state index contributed by atoms with van der Waals surface area (Å²) in [5.41, 5.74) is 4.01. The highest BCUT2D eigenvalue weighted by Gasteiger charge is 2.29. The van der Waals surface area contributed by atoms with Crippen LogP contribution in [0.1, 0.15) is 42.0 Å². The Balaban J connectivity index is 1.63. The molecule has 1 unspecified atom stereocenters. The second-order valence-electron chi connectivity index (χ2n) is 5.96. The van der Waals surface area contributed by atoms with Crippen molar-refractivity contribution in [2.45, 2.75) is 38.0 Å². The van der Waals surface area contributed by atoms with Crippen molar-refractivity contribution in [1.82, 2.24) is 5.16 Å². The van der Waals surface area contributed by atoms with Gasteiger partial charge in [0.2, 0.25) is 5.88 Å². The fraction of sp³-hybridized carbons (Fsp3) is 0.471. The molecule has 4 rings (SSSR count). The number of fused-ring (bicyclic) bond motifs is 1. The molecule has 2 aromatic rings. The Hall–Kier alpha value is -1.77. The molecule has 0 saturated carbocycles. The van der Waals surface area contributed by atoms with Crippen molar-refractivity contribution in [3.8, 4) is 0 Å². The molecule has 0 spiro atoms. The highest BCUT2D eigenvalue weighted by Crippen LogP contribution is 2.38. The molecule has 1 aliphatic carbocycles. The third-order valence-electron chi connectivity index (χ3n) is 4.69. The molecule has 0 N–H and O–H groups in total. The SMILES string of the molecule is c1ccc(C2CCc3noc(N4CCCC4)c3C2)cc1. The predicted octanol–water partition coefficient (Wildman–Crippen LogP) is 3.55. The maximum atomic E-state index is 5.66. The van der Waals surface area contributed by atoms with Crippen molar-refractivity contribution >= 4 is 5.88 Å². The van der Waals surface area contributed by atoms with Crippen LogP contribution in [0.3, 0.4) is 0 Å². The Morgan fingerprint density at radius 1 is 1.10 bits per heavy atom. The Morgan fingerprint density at radius 3 is 2.70 bits per heavy atom. The lowest BCUT2D eigenvalue weighted by Crippen LogP contribution is -2.20. The molecule has 0 bridgehead atoms. The van der Waals surface area contributed by atoms with Crippen LogP contribution >= 0.6 is 0 Å². The van der Waals surface area contributed by atoms with Crippen LogP contribution < -0.4 is 4.90 Å². The summed E-state index contributed by atoms with van der Waals surface area (Å²) in [7, 11) is 0. The topological polar surface area (TPSA) is 29.3 Å². The molecule has 0 radical (unpaired) electrons. The van der Waals surface area contributed by atoms with Crippen molar-refractivity contribution in [3.05, 3.63) is 47.2 Å². The normalized spacial score (nSPS) is 22.0. The van der Waals surface area contributed by atoms with Gasteiger partial charge in [0.05, 0.1) is 5.69 Å². The summed E-state index contributed by atoms with van der Waals surface area (Å²) in [4.78, 5) is 2.37. The molecule has 1 atom stereocenters. The maximum Gasteiger partial charge on any atom is 0.230 e. The van der Waals surface area contributed by atoms with Crippen molar-refractivity contribution in [3.63, 3.8) is 0 Å². The molecule has 1 fully saturated rings. The molecular formula is C17H20N2O. The largest absolute Gasteiger partial charge is 0.340 e. The first kappa shape index (κ1) is 12.0. The third kappa shape index (κ3) is 2.01. The molecule has 1 aliphatic heterocycles. The molecule has 0 amide bonds. The second kappa shape index (κ2) is 4.97. The van der Waals surface area contributed by atoms with Crippen LogP contribution in [-0.2, 0) is 12.8 Å². The molecule has 1 aromatic heterocycles. The number of benzene rings is 1. The summed E-state index contributed by atoms with van der Waals surface area (Å²) in [5.74, 6) is 1.67. The van der Waals surface area contributed by atoms with Gasteiger partial charge < -0.3 is 9.42 Å². The molecule has 104 valence electrons. The standard InChI is InChI=1S/C17H20N2O/c1-2-6-13(7-3-1)14-8-9-16-15(12-14)17(20-18-16)19-10-4-5-11-19/h1-3,6-7,14H,4-5,8-12H2. The van der Waals surface area contributed by atoms with Gasteiger partial charge in [-0.15, -0.1) is 0 Å². The van der Waals surface area contributed by atoms with E-state index in [1.807, 2.05) is 0 Å². The minimum absolute atomic E-state index is 0.615. The van der Waals surface area contributed by atoms with Crippen molar-refractivity contribution in [2.24, 2.45) is 0 Å². The Morgan fingerprint density at radius 2 is 1.90 bits per heavy atom. The maximum absolute atomic E-state index is 5.66. The number of nitrogens with zero attached hydrogens (tertiary/aromatic N) is 2. The smallest absolute Gasteiger partial charge is 0.230 e. The van der Waals surface area contributed by atoms with Crippen LogP contribution in [0.15, 0.2) is 34.9 Å². The van der Waals surface area contributed by atoms with Crippen LogP contribution in [0.5, 0.6) is 0 Å². The summed E-state index contributed by atoms with van der Waals surface area (Å²) in [6.07, 6.45) is 5.86. The van der Waals surface area contributed by atoms with E-state index in [0.29, 0.717) is 5.92 Å². The van der Waals surface area contributed by atoms with E-state index >= 15 is 0 Å². The zero-order valence-electron chi connectivity index (χ0n) is 11.7. The molecule has 20 heavy (non-hydrogen) atoms. The zero-order valence-corrected chi connectivity index (χ0v) is 11.7. The molecule has 1 saturated heterocycles. The molecule has 3 nitrogen and oxygen atoms in total. The number of rotatable bonds is 2. The highest BCUT2D eigenvalue weighted by atomic mass is 16.5. The lowest BCUT2D eigenvalue weighted by Gasteiger charge is -2.23. The van der Waals surface area contributed by atoms with E-state index in [9.17, 15) is 0 Å². The molecular weight excluding hydrogens is 248 g/mol. The van der Waals surface area contributed by atoms with Gasteiger partial charge in [-0.2, -0.15) is 0 Å². The van der Waals surface area contributed by atoms with Gasteiger partial charge in [-0.25, -0.2) is 0 Å². The fourth-order valence-electron chi connectivity index (χ4n) is 3.57. The van der Waals surface area contributed by atoms with Crippen LogP contribution in [0, 0.1) is 0 Å². The van der Waals surface area contributed by atoms with Gasteiger partial charge >= 0.3 is 0 Å². The van der Waals surface area contributed by atoms with Crippen LogP contribution in [0.25, 0.3) is 0 Å². The van der Waals surface area contributed by atoms with E-state index in [2.05, 4.69) is 40.4 Å². The lowest BCUT2D eigenvalue weighted by molar-refractivity contribution is 0.411. The first-order valence-corrected chi connectivity index (χ1v) is 7.69.